The Morgan fingerprint density at radius 3 is 2.79 bits per heavy atom. The quantitative estimate of drug-likeness (QED) is 0.705. The first kappa shape index (κ1) is 11.8. The Bertz CT molecular complexity index is 753. The third-order valence-electron chi connectivity index (χ3n) is 2.78. The third kappa shape index (κ3) is 2.08. The number of nitrogen functional groups attached to an aromatic ring is 1. The number of H-pyrrole nitrogens is 1. The van der Waals surface area contributed by atoms with Crippen LogP contribution in [-0.2, 0) is 0 Å². The summed E-state index contributed by atoms with van der Waals surface area (Å²) >= 11 is 6.17. The first-order valence-electron chi connectivity index (χ1n) is 5.63. The Balaban J connectivity index is 2.14. The molecule has 0 amide bonds. The Hall–Kier alpha value is -2.27. The van der Waals surface area contributed by atoms with Crippen molar-refractivity contribution in [1.82, 2.24) is 15.0 Å². The summed E-state index contributed by atoms with van der Waals surface area (Å²) < 4.78 is 5.07. The average molecular weight is 275 g/mol. The number of aromatic nitrogens is 3. The molecular formula is C13H11ClN4O. The highest BCUT2D eigenvalue weighted by Crippen LogP contribution is 2.29. The number of ether oxygens (including phenoxy) is 1. The van der Waals surface area contributed by atoms with Crippen LogP contribution in [0.1, 0.15) is 0 Å². The van der Waals surface area contributed by atoms with E-state index in [0.717, 1.165) is 11.1 Å². The molecule has 0 saturated carbocycles. The molecule has 1 aromatic carbocycles. The second kappa shape index (κ2) is 4.44. The van der Waals surface area contributed by atoms with Crippen molar-refractivity contribution in [1.29, 1.82) is 0 Å². The van der Waals surface area contributed by atoms with Crippen molar-refractivity contribution in [3.63, 3.8) is 0 Å². The summed E-state index contributed by atoms with van der Waals surface area (Å²) in [6, 6.07) is 8.94. The Morgan fingerprint density at radius 2 is 2.05 bits per heavy atom. The predicted molar refractivity (Wildman–Crippen MR) is 75.3 cm³/mol. The highest BCUT2D eigenvalue weighted by atomic mass is 35.5. The van der Waals surface area contributed by atoms with Crippen molar-refractivity contribution < 1.29 is 4.74 Å². The predicted octanol–water partition coefficient (Wildman–Crippen LogP) is 2.87. The van der Waals surface area contributed by atoms with E-state index in [1.807, 2.05) is 12.1 Å². The van der Waals surface area contributed by atoms with E-state index >= 15 is 0 Å². The smallest absolute Gasteiger partial charge is 0.215 e. The molecule has 3 rings (SSSR count). The molecule has 3 aromatic rings. The number of benzene rings is 1. The highest BCUT2D eigenvalue weighted by molar-refractivity contribution is 6.33. The number of anilines is 1. The maximum absolute atomic E-state index is 6.17. The van der Waals surface area contributed by atoms with E-state index in [2.05, 4.69) is 15.0 Å². The molecule has 0 atom stereocenters. The fourth-order valence-electron chi connectivity index (χ4n) is 1.84. The number of fused-ring (bicyclic) bond motifs is 1. The molecule has 0 aliphatic carbocycles. The maximum atomic E-state index is 6.17. The molecule has 96 valence electrons. The summed E-state index contributed by atoms with van der Waals surface area (Å²) in [4.78, 5) is 11.8. The van der Waals surface area contributed by atoms with Crippen molar-refractivity contribution in [2.45, 2.75) is 0 Å². The molecule has 0 saturated heterocycles. The molecule has 0 spiro atoms. The van der Waals surface area contributed by atoms with Gasteiger partial charge in [-0.15, -0.1) is 0 Å². The van der Waals surface area contributed by atoms with E-state index < -0.39 is 0 Å². The zero-order valence-corrected chi connectivity index (χ0v) is 10.9. The van der Waals surface area contributed by atoms with Crippen LogP contribution in [0.15, 0.2) is 30.3 Å². The number of nitrogens with two attached hydrogens (primary N) is 1. The number of aromatic amines is 1. The summed E-state index contributed by atoms with van der Waals surface area (Å²) in [5, 5.41) is 0.547. The summed E-state index contributed by atoms with van der Waals surface area (Å²) in [5.41, 5.74) is 8.48. The lowest BCUT2D eigenvalue weighted by molar-refractivity contribution is 0.399. The van der Waals surface area contributed by atoms with E-state index in [1.165, 1.54) is 0 Å². The Morgan fingerprint density at radius 1 is 1.21 bits per heavy atom. The number of nitrogens with zero attached hydrogens (tertiary/aromatic N) is 2. The number of nitrogens with one attached hydrogen (secondary N) is 1. The monoisotopic (exact) mass is 274 g/mol. The minimum absolute atomic E-state index is 0.522. The lowest BCUT2D eigenvalue weighted by Gasteiger charge is -2.01. The third-order valence-corrected chi connectivity index (χ3v) is 3.09. The van der Waals surface area contributed by atoms with Crippen LogP contribution in [0.4, 0.5) is 5.69 Å². The number of imidazole rings is 1. The zero-order valence-electron chi connectivity index (χ0n) is 10.1. The number of pyridine rings is 1. The van der Waals surface area contributed by atoms with E-state index in [0.29, 0.717) is 28.1 Å². The van der Waals surface area contributed by atoms with Gasteiger partial charge in [0.05, 0.1) is 17.6 Å². The minimum atomic E-state index is 0.522. The van der Waals surface area contributed by atoms with Crippen molar-refractivity contribution in [2.24, 2.45) is 0 Å². The van der Waals surface area contributed by atoms with Crippen molar-refractivity contribution >= 4 is 28.5 Å². The largest absolute Gasteiger partial charge is 0.481 e. The molecule has 0 fully saturated rings. The van der Waals surface area contributed by atoms with E-state index in [4.69, 9.17) is 22.1 Å². The molecule has 2 aromatic heterocycles. The summed E-state index contributed by atoms with van der Waals surface area (Å²) in [5.74, 6) is 1.18. The maximum Gasteiger partial charge on any atom is 0.215 e. The van der Waals surface area contributed by atoms with Gasteiger partial charge in [0, 0.05) is 17.3 Å². The van der Waals surface area contributed by atoms with Gasteiger partial charge in [0.2, 0.25) is 5.88 Å². The van der Waals surface area contributed by atoms with Gasteiger partial charge in [0.25, 0.3) is 0 Å². The summed E-state index contributed by atoms with van der Waals surface area (Å²) in [6.45, 7) is 0. The average Bonchev–Trinajstić information content (AvgIpc) is 2.80. The van der Waals surface area contributed by atoms with Crippen LogP contribution in [-0.4, -0.2) is 22.1 Å². The van der Waals surface area contributed by atoms with Gasteiger partial charge in [0.1, 0.15) is 5.82 Å². The van der Waals surface area contributed by atoms with Gasteiger partial charge in [-0.2, -0.15) is 4.98 Å². The number of methoxy groups -OCH3 is 1. The molecule has 3 N–H and O–H groups in total. The molecule has 0 aliphatic rings. The molecule has 19 heavy (non-hydrogen) atoms. The topological polar surface area (TPSA) is 76.8 Å². The standard InChI is InChI=1S/C13H11ClN4O/c1-19-11-5-4-10-13(17-11)18-12(16-10)8-3-2-7(15)6-9(8)14/h2-6H,15H2,1H3,(H,16,17,18). The second-order valence-corrected chi connectivity index (χ2v) is 4.46. The first-order valence-corrected chi connectivity index (χ1v) is 6.01. The first-order chi connectivity index (χ1) is 9.17. The highest BCUT2D eigenvalue weighted by Gasteiger charge is 2.10. The molecular weight excluding hydrogens is 264 g/mol. The minimum Gasteiger partial charge on any atom is -0.481 e. The fraction of sp³-hybridized carbons (Fsp3) is 0.0769. The van der Waals surface area contributed by atoms with E-state index in [9.17, 15) is 0 Å². The summed E-state index contributed by atoms with van der Waals surface area (Å²) in [7, 11) is 1.57. The van der Waals surface area contributed by atoms with Gasteiger partial charge in [0.15, 0.2) is 5.65 Å². The van der Waals surface area contributed by atoms with Crippen LogP contribution in [0.25, 0.3) is 22.6 Å². The fourth-order valence-corrected chi connectivity index (χ4v) is 2.12. The van der Waals surface area contributed by atoms with Gasteiger partial charge in [-0.25, -0.2) is 4.98 Å². The molecule has 6 heteroatoms. The van der Waals surface area contributed by atoms with Gasteiger partial charge in [-0.05, 0) is 24.3 Å². The molecule has 0 unspecified atom stereocenters. The van der Waals surface area contributed by atoms with E-state index in [-0.39, 0.29) is 0 Å². The SMILES string of the molecule is COc1ccc2[nH]c(-c3ccc(N)cc3Cl)nc2n1. The van der Waals surface area contributed by atoms with Crippen molar-refractivity contribution in [3.8, 4) is 17.3 Å². The lowest BCUT2D eigenvalue weighted by Crippen LogP contribution is -1.87. The Kier molecular flexibility index (Phi) is 2.76. The van der Waals surface area contributed by atoms with Crippen molar-refractivity contribution in [2.75, 3.05) is 12.8 Å². The van der Waals surface area contributed by atoms with Gasteiger partial charge < -0.3 is 15.5 Å². The van der Waals surface area contributed by atoms with Gasteiger partial charge in [-0.3, -0.25) is 0 Å². The van der Waals surface area contributed by atoms with Crippen LogP contribution in [0.3, 0.4) is 0 Å². The van der Waals surface area contributed by atoms with Crippen LogP contribution in [0, 0.1) is 0 Å². The van der Waals surface area contributed by atoms with Crippen LogP contribution in [0.2, 0.25) is 5.02 Å². The second-order valence-electron chi connectivity index (χ2n) is 4.05. The number of halogens is 1. The Labute approximate surface area is 114 Å². The van der Waals surface area contributed by atoms with Crippen LogP contribution in [0.5, 0.6) is 5.88 Å². The molecule has 0 aliphatic heterocycles. The van der Waals surface area contributed by atoms with Gasteiger partial charge in [-0.1, -0.05) is 11.6 Å². The normalized spacial score (nSPS) is 10.8. The molecule has 2 heterocycles. The number of rotatable bonds is 2. The zero-order chi connectivity index (χ0) is 13.4. The molecule has 0 radical (unpaired) electrons. The van der Waals surface area contributed by atoms with Crippen LogP contribution < -0.4 is 10.5 Å². The van der Waals surface area contributed by atoms with Gasteiger partial charge >= 0.3 is 0 Å². The lowest BCUT2D eigenvalue weighted by atomic mass is 10.2. The van der Waals surface area contributed by atoms with Crippen LogP contribution >= 0.6 is 11.6 Å². The van der Waals surface area contributed by atoms with E-state index in [1.54, 1.807) is 25.3 Å². The van der Waals surface area contributed by atoms with Crippen molar-refractivity contribution in [3.05, 3.63) is 35.4 Å². The molecule has 0 bridgehead atoms. The molecule has 5 nitrogen and oxygen atoms in total. The number of hydrogen-bond donors (Lipinski definition) is 2. The summed E-state index contributed by atoms with van der Waals surface area (Å²) in [6.07, 6.45) is 0. The number of hydrogen-bond acceptors (Lipinski definition) is 4.